The maximum atomic E-state index is 11.4. The van der Waals surface area contributed by atoms with Crippen LogP contribution in [0.5, 0.6) is 0 Å². The van der Waals surface area contributed by atoms with Crippen molar-refractivity contribution < 1.29 is 19.0 Å². The SMILES string of the molecule is CCOC(=O)[C@H]1C[C@@H]2O[C@H]1[C@@H]1O[C@@H]12. The average Bonchev–Trinajstić information content (AvgIpc) is 2.72. The third-order valence-electron chi connectivity index (χ3n) is 3.06. The van der Waals surface area contributed by atoms with E-state index >= 15 is 0 Å². The molecule has 0 aromatic rings. The zero-order valence-electron chi connectivity index (χ0n) is 7.43. The Morgan fingerprint density at radius 3 is 2.85 bits per heavy atom. The molecule has 2 bridgehead atoms. The van der Waals surface area contributed by atoms with Crippen LogP contribution in [0.2, 0.25) is 0 Å². The first-order valence-corrected chi connectivity index (χ1v) is 4.79. The van der Waals surface area contributed by atoms with E-state index in [2.05, 4.69) is 0 Å². The number of carbonyl (C=O) groups is 1. The lowest BCUT2D eigenvalue weighted by molar-refractivity contribution is -0.150. The van der Waals surface area contributed by atoms with Crippen LogP contribution in [0.4, 0.5) is 0 Å². The Morgan fingerprint density at radius 1 is 1.38 bits per heavy atom. The number of hydrogen-bond donors (Lipinski definition) is 0. The summed E-state index contributed by atoms with van der Waals surface area (Å²) in [4.78, 5) is 11.4. The molecule has 0 aromatic carbocycles. The van der Waals surface area contributed by atoms with Crippen molar-refractivity contribution in [2.45, 2.75) is 37.8 Å². The van der Waals surface area contributed by atoms with E-state index in [9.17, 15) is 4.79 Å². The van der Waals surface area contributed by atoms with Crippen LogP contribution in [0.15, 0.2) is 0 Å². The highest BCUT2D eigenvalue weighted by Gasteiger charge is 2.66. The lowest BCUT2D eigenvalue weighted by Gasteiger charge is -2.14. The van der Waals surface area contributed by atoms with E-state index in [0.717, 1.165) is 6.42 Å². The first-order valence-electron chi connectivity index (χ1n) is 4.79. The molecule has 0 unspecified atom stereocenters. The van der Waals surface area contributed by atoms with Crippen LogP contribution in [0.25, 0.3) is 0 Å². The zero-order chi connectivity index (χ0) is 9.00. The van der Waals surface area contributed by atoms with E-state index < -0.39 is 0 Å². The molecule has 3 aliphatic rings. The molecule has 4 nitrogen and oxygen atoms in total. The normalized spacial score (nSPS) is 50.4. The maximum Gasteiger partial charge on any atom is 0.311 e. The standard InChI is InChI=1S/C9H12O4/c1-2-11-9(10)4-3-5-7-8(13-7)6(4)12-5/h4-8H,2-3H2,1H3/t4-,5-,6+,7+,8-/m0/s1. The largest absolute Gasteiger partial charge is 0.466 e. The average molecular weight is 184 g/mol. The number of esters is 1. The van der Waals surface area contributed by atoms with Crippen LogP contribution >= 0.6 is 0 Å². The van der Waals surface area contributed by atoms with Crippen LogP contribution in [0, 0.1) is 5.92 Å². The van der Waals surface area contributed by atoms with E-state index in [1.807, 2.05) is 6.92 Å². The summed E-state index contributed by atoms with van der Waals surface area (Å²) < 4.78 is 15.9. The molecule has 13 heavy (non-hydrogen) atoms. The summed E-state index contributed by atoms with van der Waals surface area (Å²) in [5.41, 5.74) is 0. The maximum absolute atomic E-state index is 11.4. The van der Waals surface area contributed by atoms with Crippen LogP contribution in [0.1, 0.15) is 13.3 Å². The summed E-state index contributed by atoms with van der Waals surface area (Å²) in [6.07, 6.45) is 1.40. The second kappa shape index (κ2) is 2.45. The Hall–Kier alpha value is -0.610. The number of epoxide rings is 1. The van der Waals surface area contributed by atoms with Gasteiger partial charge in [-0.25, -0.2) is 0 Å². The molecule has 3 aliphatic heterocycles. The van der Waals surface area contributed by atoms with Gasteiger partial charge in [-0.2, -0.15) is 0 Å². The number of ether oxygens (including phenoxy) is 3. The lowest BCUT2D eigenvalue weighted by atomic mass is 9.89. The van der Waals surface area contributed by atoms with E-state index in [1.165, 1.54) is 0 Å². The molecule has 3 saturated heterocycles. The highest BCUT2D eigenvalue weighted by Crippen LogP contribution is 2.51. The summed E-state index contributed by atoms with van der Waals surface area (Å²) in [5.74, 6) is -0.197. The van der Waals surface area contributed by atoms with Gasteiger partial charge in [0, 0.05) is 0 Å². The molecule has 0 N–H and O–H groups in total. The molecule has 4 heteroatoms. The van der Waals surface area contributed by atoms with Gasteiger partial charge in [-0.15, -0.1) is 0 Å². The van der Waals surface area contributed by atoms with Gasteiger partial charge in [-0.05, 0) is 13.3 Å². The van der Waals surface area contributed by atoms with Gasteiger partial charge in [-0.3, -0.25) is 4.79 Å². The van der Waals surface area contributed by atoms with Gasteiger partial charge in [0.25, 0.3) is 0 Å². The lowest BCUT2D eigenvalue weighted by Crippen LogP contribution is -2.31. The first-order chi connectivity index (χ1) is 6.31. The predicted molar refractivity (Wildman–Crippen MR) is 42.1 cm³/mol. The van der Waals surface area contributed by atoms with Crippen LogP contribution in [-0.2, 0) is 19.0 Å². The molecule has 0 amide bonds. The fourth-order valence-corrected chi connectivity index (χ4v) is 2.43. The van der Waals surface area contributed by atoms with Crippen molar-refractivity contribution in [3.8, 4) is 0 Å². The van der Waals surface area contributed by atoms with Crippen molar-refractivity contribution in [3.63, 3.8) is 0 Å². The summed E-state index contributed by atoms with van der Waals surface area (Å²) in [6, 6.07) is 0. The summed E-state index contributed by atoms with van der Waals surface area (Å²) in [7, 11) is 0. The minimum atomic E-state index is -0.121. The van der Waals surface area contributed by atoms with Crippen molar-refractivity contribution in [2.24, 2.45) is 5.92 Å². The Labute approximate surface area is 76.1 Å². The van der Waals surface area contributed by atoms with Crippen LogP contribution in [0.3, 0.4) is 0 Å². The molecular weight excluding hydrogens is 172 g/mol. The molecule has 3 fully saturated rings. The van der Waals surface area contributed by atoms with Crippen molar-refractivity contribution in [3.05, 3.63) is 0 Å². The molecule has 5 atom stereocenters. The smallest absolute Gasteiger partial charge is 0.311 e. The highest BCUT2D eigenvalue weighted by molar-refractivity contribution is 5.74. The van der Waals surface area contributed by atoms with Crippen molar-refractivity contribution >= 4 is 5.97 Å². The second-order valence-electron chi connectivity index (χ2n) is 3.80. The Bertz CT molecular complexity index is 252. The summed E-state index contributed by atoms with van der Waals surface area (Å²) in [5, 5.41) is 0. The topological polar surface area (TPSA) is 48.1 Å². The molecule has 72 valence electrons. The number of hydrogen-bond acceptors (Lipinski definition) is 4. The van der Waals surface area contributed by atoms with Gasteiger partial charge in [-0.1, -0.05) is 0 Å². The van der Waals surface area contributed by atoms with Gasteiger partial charge in [0.15, 0.2) is 0 Å². The molecular formula is C9H12O4. The zero-order valence-corrected chi connectivity index (χ0v) is 7.43. The third-order valence-corrected chi connectivity index (χ3v) is 3.06. The summed E-state index contributed by atoms with van der Waals surface area (Å²) >= 11 is 0. The second-order valence-corrected chi connectivity index (χ2v) is 3.80. The Kier molecular flexibility index (Phi) is 1.46. The summed E-state index contributed by atoms with van der Waals surface area (Å²) in [6.45, 7) is 2.27. The van der Waals surface area contributed by atoms with Crippen molar-refractivity contribution in [1.82, 2.24) is 0 Å². The van der Waals surface area contributed by atoms with E-state index in [0.29, 0.717) is 6.61 Å². The molecule has 0 spiro atoms. The van der Waals surface area contributed by atoms with Gasteiger partial charge < -0.3 is 14.2 Å². The quantitative estimate of drug-likeness (QED) is 0.451. The van der Waals surface area contributed by atoms with Gasteiger partial charge in [0.1, 0.15) is 18.3 Å². The van der Waals surface area contributed by atoms with E-state index in [-0.39, 0.29) is 36.3 Å². The minimum Gasteiger partial charge on any atom is -0.466 e. The Balaban J connectivity index is 1.70. The van der Waals surface area contributed by atoms with Gasteiger partial charge in [0.05, 0.1) is 18.6 Å². The fourth-order valence-electron chi connectivity index (χ4n) is 2.43. The fraction of sp³-hybridized carbons (Fsp3) is 0.889. The predicted octanol–water partition coefficient (Wildman–Crippen LogP) is 0.104. The molecule has 3 rings (SSSR count). The van der Waals surface area contributed by atoms with Crippen molar-refractivity contribution in [1.29, 1.82) is 0 Å². The monoisotopic (exact) mass is 184 g/mol. The molecule has 0 aromatic heterocycles. The van der Waals surface area contributed by atoms with E-state index in [4.69, 9.17) is 14.2 Å². The van der Waals surface area contributed by atoms with Gasteiger partial charge >= 0.3 is 5.97 Å². The molecule has 3 heterocycles. The third kappa shape index (κ3) is 0.957. The van der Waals surface area contributed by atoms with Crippen molar-refractivity contribution in [2.75, 3.05) is 6.61 Å². The van der Waals surface area contributed by atoms with Crippen LogP contribution < -0.4 is 0 Å². The highest BCUT2D eigenvalue weighted by atomic mass is 16.7. The number of fused-ring (bicyclic) bond motifs is 5. The molecule has 0 saturated carbocycles. The first kappa shape index (κ1) is 7.76. The number of rotatable bonds is 2. The Morgan fingerprint density at radius 2 is 2.23 bits per heavy atom. The van der Waals surface area contributed by atoms with Crippen LogP contribution in [-0.4, -0.2) is 37.0 Å². The van der Waals surface area contributed by atoms with Gasteiger partial charge in [0.2, 0.25) is 0 Å². The number of carbonyl (C=O) groups excluding carboxylic acids is 1. The molecule has 0 radical (unpaired) electrons. The minimum absolute atomic E-state index is 0.0194. The molecule has 0 aliphatic carbocycles. The van der Waals surface area contributed by atoms with E-state index in [1.54, 1.807) is 0 Å².